The molecule has 0 atom stereocenters. The highest BCUT2D eigenvalue weighted by Gasteiger charge is 2.33. The zero-order valence-corrected chi connectivity index (χ0v) is 34.0. The summed E-state index contributed by atoms with van der Waals surface area (Å²) in [7, 11) is 0. The van der Waals surface area contributed by atoms with Crippen LogP contribution in [0.1, 0.15) is 97.9 Å². The number of rotatable bonds is 8. The van der Waals surface area contributed by atoms with Crippen molar-refractivity contribution in [3.05, 3.63) is 91.4 Å². The molecule has 7 rings (SSSR count). The number of halogens is 2. The first-order valence-electron chi connectivity index (χ1n) is 17.9. The van der Waals surface area contributed by atoms with Crippen LogP contribution in [0.4, 0.5) is 0 Å². The van der Waals surface area contributed by atoms with Gasteiger partial charge in [-0.3, -0.25) is 4.90 Å². The number of aromatic nitrogens is 4. The van der Waals surface area contributed by atoms with Crippen molar-refractivity contribution in [3.63, 3.8) is 0 Å². The third-order valence-electron chi connectivity index (χ3n) is 8.69. The number of fused-ring (bicyclic) bond motifs is 2. The lowest BCUT2D eigenvalue weighted by Crippen LogP contribution is -2.41. The van der Waals surface area contributed by atoms with Gasteiger partial charge in [-0.05, 0) is 104 Å². The molecule has 3 aliphatic rings. The number of aliphatic hydroxyl groups is 1. The molecule has 13 heteroatoms. The van der Waals surface area contributed by atoms with Gasteiger partial charge in [-0.2, -0.15) is 10.2 Å². The van der Waals surface area contributed by atoms with Crippen LogP contribution in [0.15, 0.2) is 57.5 Å². The lowest BCUT2D eigenvalue weighted by atomic mass is 9.95. The Labute approximate surface area is 322 Å². The summed E-state index contributed by atoms with van der Waals surface area (Å²) < 4.78 is 20.9. The summed E-state index contributed by atoms with van der Waals surface area (Å²) in [4.78, 5) is 26.7. The highest BCUT2D eigenvalue weighted by Crippen LogP contribution is 2.30. The molecule has 1 N–H and O–H groups in total. The smallest absolute Gasteiger partial charge is 0.359 e. The molecule has 280 valence electrons. The molecule has 4 aromatic rings. The number of carbonyl (C=O) groups excluding carboxylic acids is 2. The molecule has 0 radical (unpaired) electrons. The highest BCUT2D eigenvalue weighted by atomic mass is 79.9. The number of esters is 2. The zero-order valence-electron chi connectivity index (χ0n) is 30.9. The maximum Gasteiger partial charge on any atom is 0.359 e. The Kier molecular flexibility index (Phi) is 13.2. The number of epoxide rings is 1. The number of benzene rings is 2. The largest absolute Gasteiger partial charge is 0.461 e. The molecule has 0 unspecified atom stereocenters. The molecule has 0 saturated carbocycles. The molecule has 1 aliphatic carbocycles. The number of nitrogens with zero attached hydrogens (tertiary/aromatic N) is 5. The van der Waals surface area contributed by atoms with Gasteiger partial charge in [-0.1, -0.05) is 44.0 Å². The second-order valence-electron chi connectivity index (χ2n) is 14.3. The van der Waals surface area contributed by atoms with E-state index in [0.717, 1.165) is 88.1 Å². The molecule has 1 fully saturated rings. The Morgan fingerprint density at radius 3 is 1.79 bits per heavy atom. The average Bonchev–Trinajstić information content (AvgIpc) is 3.47. The van der Waals surface area contributed by atoms with Crippen molar-refractivity contribution in [2.45, 2.75) is 91.4 Å². The van der Waals surface area contributed by atoms with E-state index >= 15 is 0 Å². The Hall–Kier alpha value is -3.36. The monoisotopic (exact) mass is 841 g/mol. The lowest BCUT2D eigenvalue weighted by molar-refractivity contribution is 0.0313. The van der Waals surface area contributed by atoms with E-state index in [0.29, 0.717) is 37.7 Å². The summed E-state index contributed by atoms with van der Waals surface area (Å²) in [5.41, 5.74) is 6.29. The summed E-state index contributed by atoms with van der Waals surface area (Å²) in [5, 5.41) is 19.3. The van der Waals surface area contributed by atoms with Gasteiger partial charge in [0, 0.05) is 51.8 Å². The van der Waals surface area contributed by atoms with E-state index in [2.05, 4.69) is 60.8 Å². The standard InChI is InChI=1S/C19H24BrN3O3.C16H17BrN2O2.C4H8O/c1-4-26-18(24)17-15-11-22(12-19(2,3)25)9-8-16(15)23(21-17)14-7-5-6-13(20)10-14;1-2-21-16(20)15-13-8-3-4-9-14(13)19(18-15)12-7-5-6-11(17)10-12;1-4(2)3-5-4/h5-7,10,25H,4,8-9,11-12H2,1-3H3;5-7,10H,2-4,8-9H2,1H3;3H2,1-2H3. The fourth-order valence-corrected chi connectivity index (χ4v) is 7.04. The molecule has 1 saturated heterocycles. The van der Waals surface area contributed by atoms with Gasteiger partial charge in [-0.25, -0.2) is 19.0 Å². The Morgan fingerprint density at radius 2 is 1.33 bits per heavy atom. The van der Waals surface area contributed by atoms with Crippen molar-refractivity contribution >= 4 is 43.8 Å². The van der Waals surface area contributed by atoms with Crippen LogP contribution >= 0.6 is 31.9 Å². The topological polar surface area (TPSA) is 124 Å². The molecule has 52 heavy (non-hydrogen) atoms. The molecule has 4 heterocycles. The quantitative estimate of drug-likeness (QED) is 0.143. The van der Waals surface area contributed by atoms with E-state index < -0.39 is 11.6 Å². The van der Waals surface area contributed by atoms with Gasteiger partial charge in [0.25, 0.3) is 0 Å². The SMILES string of the molecule is CC1(C)CO1.CCOC(=O)c1nn(-c2cccc(Br)c2)c2c1CCCC2.CCOC(=O)c1nn(-c2cccc(Br)c2)c2c1CN(CC(C)(C)O)CC2. The minimum Gasteiger partial charge on any atom is -0.461 e. The van der Waals surface area contributed by atoms with E-state index in [4.69, 9.17) is 14.2 Å². The molecular weight excluding hydrogens is 794 g/mol. The Morgan fingerprint density at radius 1 is 0.846 bits per heavy atom. The maximum absolute atomic E-state index is 12.4. The molecule has 2 aromatic heterocycles. The molecule has 0 spiro atoms. The lowest BCUT2D eigenvalue weighted by Gasteiger charge is -2.32. The second kappa shape index (κ2) is 17.2. The van der Waals surface area contributed by atoms with Crippen molar-refractivity contribution in [2.24, 2.45) is 0 Å². The molecule has 2 aliphatic heterocycles. The van der Waals surface area contributed by atoms with Crippen LogP contribution < -0.4 is 0 Å². The molecule has 0 bridgehead atoms. The number of β-amino-alcohol motifs (C(OH)–C–C–N with tert-alkyl or cyclic N) is 1. The maximum atomic E-state index is 12.4. The summed E-state index contributed by atoms with van der Waals surface area (Å²) >= 11 is 6.97. The van der Waals surface area contributed by atoms with E-state index in [1.807, 2.05) is 64.8 Å². The fraction of sp³-hybridized carbons (Fsp3) is 0.487. The number of hydrogen-bond acceptors (Lipinski definition) is 9. The number of carbonyl (C=O) groups is 2. The first kappa shape index (κ1) is 39.8. The van der Waals surface area contributed by atoms with E-state index in [1.54, 1.807) is 20.8 Å². The van der Waals surface area contributed by atoms with Gasteiger partial charge in [0.2, 0.25) is 0 Å². The minimum absolute atomic E-state index is 0.250. The molecular formula is C39H49Br2N5O6. The van der Waals surface area contributed by atoms with E-state index in [-0.39, 0.29) is 11.6 Å². The van der Waals surface area contributed by atoms with E-state index in [1.165, 1.54) is 0 Å². The minimum atomic E-state index is -0.790. The van der Waals surface area contributed by atoms with Crippen molar-refractivity contribution in [3.8, 4) is 11.4 Å². The second-order valence-corrected chi connectivity index (χ2v) is 16.1. The van der Waals surface area contributed by atoms with Crippen LogP contribution in [0.5, 0.6) is 0 Å². The predicted octanol–water partition coefficient (Wildman–Crippen LogP) is 7.43. The first-order valence-corrected chi connectivity index (χ1v) is 19.4. The summed E-state index contributed by atoms with van der Waals surface area (Å²) in [6.45, 7) is 14.9. The van der Waals surface area contributed by atoms with Gasteiger partial charge in [0.1, 0.15) is 0 Å². The van der Waals surface area contributed by atoms with Crippen molar-refractivity contribution < 1.29 is 28.9 Å². The van der Waals surface area contributed by atoms with Crippen molar-refractivity contribution in [2.75, 3.05) is 32.9 Å². The van der Waals surface area contributed by atoms with Crippen LogP contribution in [0.25, 0.3) is 11.4 Å². The summed E-state index contributed by atoms with van der Waals surface area (Å²) in [6, 6.07) is 15.8. The highest BCUT2D eigenvalue weighted by molar-refractivity contribution is 9.10. The van der Waals surface area contributed by atoms with Gasteiger partial charge < -0.3 is 19.3 Å². The Bertz CT molecular complexity index is 1870. The zero-order chi connectivity index (χ0) is 37.6. The first-order chi connectivity index (χ1) is 24.7. The average molecular weight is 844 g/mol. The van der Waals surface area contributed by atoms with Crippen LogP contribution in [0.3, 0.4) is 0 Å². The third-order valence-corrected chi connectivity index (χ3v) is 9.68. The normalized spacial score (nSPS) is 15.9. The Balaban J connectivity index is 0.000000180. The molecule has 2 aromatic carbocycles. The van der Waals surface area contributed by atoms with Gasteiger partial charge in [0.05, 0.1) is 48.1 Å². The number of hydrogen-bond donors (Lipinski definition) is 1. The van der Waals surface area contributed by atoms with Crippen LogP contribution in [-0.4, -0.2) is 85.6 Å². The van der Waals surface area contributed by atoms with Gasteiger partial charge in [0.15, 0.2) is 11.4 Å². The van der Waals surface area contributed by atoms with Crippen LogP contribution in [0.2, 0.25) is 0 Å². The fourth-order valence-electron chi connectivity index (χ4n) is 6.27. The van der Waals surface area contributed by atoms with Crippen molar-refractivity contribution in [1.82, 2.24) is 24.5 Å². The summed E-state index contributed by atoms with van der Waals surface area (Å²) in [5.74, 6) is -0.716. The van der Waals surface area contributed by atoms with Gasteiger partial charge >= 0.3 is 11.9 Å². The number of ether oxygens (including phenoxy) is 3. The van der Waals surface area contributed by atoms with E-state index in [9.17, 15) is 14.7 Å². The van der Waals surface area contributed by atoms with Crippen LogP contribution in [0, 0.1) is 0 Å². The molecule has 11 nitrogen and oxygen atoms in total. The van der Waals surface area contributed by atoms with Crippen LogP contribution in [-0.2, 0) is 40.0 Å². The predicted molar refractivity (Wildman–Crippen MR) is 206 cm³/mol. The van der Waals surface area contributed by atoms with Crippen molar-refractivity contribution in [1.29, 1.82) is 0 Å². The summed E-state index contributed by atoms with van der Waals surface area (Å²) in [6.07, 6.45) is 4.84. The molecule has 0 amide bonds. The third kappa shape index (κ3) is 10.4. The van der Waals surface area contributed by atoms with Gasteiger partial charge in [-0.15, -0.1) is 0 Å².